The fraction of sp³-hybridized carbons (Fsp3) is 0.492. The summed E-state index contributed by atoms with van der Waals surface area (Å²) in [6.07, 6.45) is 3.84. The number of aliphatic hydroxyl groups excluding tert-OH is 1. The lowest BCUT2D eigenvalue weighted by atomic mass is 9.88. The molecule has 5 aliphatic rings. The molecular formula is C63H76N6O16S. The molecule has 1 saturated carbocycles. The van der Waals surface area contributed by atoms with Crippen molar-refractivity contribution < 1.29 is 76.7 Å². The maximum atomic E-state index is 14.5. The molecule has 22 nitrogen and oxygen atoms in total. The second-order valence-corrected chi connectivity index (χ2v) is 23.6. The van der Waals surface area contributed by atoms with Crippen molar-refractivity contribution in [2.24, 2.45) is 22.7 Å². The van der Waals surface area contributed by atoms with Gasteiger partial charge in [0.25, 0.3) is 11.8 Å². The molecule has 3 aromatic rings. The van der Waals surface area contributed by atoms with Gasteiger partial charge in [-0.3, -0.25) is 43.3 Å². The number of rotatable bonds is 29. The molecule has 3 fully saturated rings. The van der Waals surface area contributed by atoms with Crippen molar-refractivity contribution in [3.05, 3.63) is 94.6 Å². The lowest BCUT2D eigenvalue weighted by Gasteiger charge is -2.25. The normalized spacial score (nSPS) is 20.3. The molecule has 2 unspecified atom stereocenters. The summed E-state index contributed by atoms with van der Waals surface area (Å²) in [5.41, 5.74) is 3.56. The average molecular weight is 1210 g/mol. The van der Waals surface area contributed by atoms with Crippen LogP contribution in [0.15, 0.2) is 71.8 Å². The Morgan fingerprint density at radius 3 is 2.22 bits per heavy atom. The SMILES string of the molecule is C=C1C[C@H]2C=Nc3cc(OCCCOc4c(OC)cc5c(c4C(=O)OCc4ccc(CC(=O)[C@H](C)NC(=O)[C@@H](CC(=O)CCOCCNC(=O)CCC6C(=O)CC(SC)C6=O)C(C)C)cc4)N[C@@H](O)[C@@H]4CC(=C)CN4C5=O)c(OC)cc3C(=O)N2C1. The van der Waals surface area contributed by atoms with Gasteiger partial charge in [-0.2, -0.15) is 11.8 Å². The Balaban J connectivity index is 0.833. The first-order chi connectivity index (χ1) is 41.2. The molecule has 2 saturated heterocycles. The summed E-state index contributed by atoms with van der Waals surface area (Å²) in [5, 5.41) is 19.6. The van der Waals surface area contributed by atoms with Crippen LogP contribution in [0, 0.1) is 17.8 Å². The zero-order chi connectivity index (χ0) is 61.9. The first kappa shape index (κ1) is 64.1. The molecule has 4 heterocycles. The number of carbonyl (C=O) groups excluding carboxylic acids is 9. The number of fused-ring (bicyclic) bond motifs is 4. The van der Waals surface area contributed by atoms with Crippen LogP contribution in [0.25, 0.3) is 0 Å². The van der Waals surface area contributed by atoms with E-state index >= 15 is 0 Å². The predicted molar refractivity (Wildman–Crippen MR) is 319 cm³/mol. The summed E-state index contributed by atoms with van der Waals surface area (Å²) in [5.74, 6) is -3.95. The smallest absolute Gasteiger partial charge is 0.344 e. The maximum Gasteiger partial charge on any atom is 0.344 e. The molecule has 0 aromatic heterocycles. The fourth-order valence-electron chi connectivity index (χ4n) is 11.1. The van der Waals surface area contributed by atoms with E-state index in [1.165, 1.54) is 36.9 Å². The molecule has 1 aliphatic carbocycles. The summed E-state index contributed by atoms with van der Waals surface area (Å²) in [4.78, 5) is 127. The highest BCUT2D eigenvalue weighted by Crippen LogP contribution is 2.44. The molecule has 3 aromatic carbocycles. The van der Waals surface area contributed by atoms with Gasteiger partial charge >= 0.3 is 5.97 Å². The Labute approximate surface area is 504 Å². The zero-order valence-corrected chi connectivity index (χ0v) is 50.3. The van der Waals surface area contributed by atoms with Crippen molar-refractivity contribution in [2.75, 3.05) is 71.9 Å². The van der Waals surface area contributed by atoms with Gasteiger partial charge < -0.3 is 59.3 Å². The van der Waals surface area contributed by atoms with E-state index in [9.17, 15) is 48.3 Å². The Morgan fingerprint density at radius 1 is 0.826 bits per heavy atom. The van der Waals surface area contributed by atoms with Crippen LogP contribution in [0.5, 0.6) is 23.0 Å². The van der Waals surface area contributed by atoms with Crippen molar-refractivity contribution in [2.45, 2.75) is 115 Å². The van der Waals surface area contributed by atoms with Crippen molar-refractivity contribution in [3.63, 3.8) is 0 Å². The van der Waals surface area contributed by atoms with Crippen LogP contribution in [0.4, 0.5) is 11.4 Å². The minimum Gasteiger partial charge on any atom is -0.493 e. The Kier molecular flexibility index (Phi) is 21.6. The molecule has 460 valence electrons. The summed E-state index contributed by atoms with van der Waals surface area (Å²) in [7, 11) is 2.85. The number of anilines is 1. The minimum atomic E-state index is -1.30. The van der Waals surface area contributed by atoms with E-state index in [-0.39, 0.29) is 172 Å². The summed E-state index contributed by atoms with van der Waals surface area (Å²) in [6, 6.07) is 9.75. The fourth-order valence-corrected chi connectivity index (χ4v) is 11.9. The molecule has 4 N–H and O–H groups in total. The maximum absolute atomic E-state index is 14.5. The van der Waals surface area contributed by atoms with Gasteiger partial charge in [-0.1, -0.05) is 62.4 Å². The third-order valence-corrected chi connectivity index (χ3v) is 17.0. The van der Waals surface area contributed by atoms with E-state index in [1.807, 2.05) is 13.8 Å². The monoisotopic (exact) mass is 1200 g/mol. The number of carbonyl (C=O) groups is 9. The highest BCUT2D eigenvalue weighted by atomic mass is 32.2. The molecule has 0 radical (unpaired) electrons. The number of aliphatic imine (C=N–C) groups is 1. The highest BCUT2D eigenvalue weighted by Gasteiger charge is 2.44. The van der Waals surface area contributed by atoms with Crippen LogP contribution in [0.3, 0.4) is 0 Å². The van der Waals surface area contributed by atoms with E-state index in [2.05, 4.69) is 34.1 Å². The number of hydrogen-bond acceptors (Lipinski definition) is 19. The number of nitrogens with one attached hydrogen (secondary N) is 3. The number of thioether (sulfide) groups is 1. The van der Waals surface area contributed by atoms with E-state index in [4.69, 9.17) is 28.4 Å². The van der Waals surface area contributed by atoms with Crippen molar-refractivity contribution in [3.8, 4) is 23.0 Å². The number of nitrogens with zero attached hydrogens (tertiary/aromatic N) is 3. The molecule has 4 amide bonds. The first-order valence-corrected chi connectivity index (χ1v) is 30.2. The quantitative estimate of drug-likeness (QED) is 0.0270. The Hall–Kier alpha value is -7.89. The number of benzene rings is 3. The van der Waals surface area contributed by atoms with Gasteiger partial charge in [-0.05, 0) is 61.6 Å². The topological polar surface area (TPSA) is 284 Å². The van der Waals surface area contributed by atoms with Gasteiger partial charge in [-0.25, -0.2) is 4.79 Å². The van der Waals surface area contributed by atoms with Crippen LogP contribution >= 0.6 is 11.8 Å². The lowest BCUT2D eigenvalue weighted by molar-refractivity contribution is -0.133. The number of Topliss-reactive ketones (excluding diaryl/α,β-unsaturated/α-hetero) is 4. The number of ketones is 4. The largest absolute Gasteiger partial charge is 0.493 e. The van der Waals surface area contributed by atoms with Crippen molar-refractivity contribution in [1.82, 2.24) is 20.4 Å². The Morgan fingerprint density at radius 2 is 1.51 bits per heavy atom. The zero-order valence-electron chi connectivity index (χ0n) is 49.5. The number of aliphatic hydroxyl groups is 1. The molecule has 0 spiro atoms. The van der Waals surface area contributed by atoms with Gasteiger partial charge in [0, 0.05) is 76.4 Å². The summed E-state index contributed by atoms with van der Waals surface area (Å²) >= 11 is 1.35. The third-order valence-electron chi connectivity index (χ3n) is 16.0. The molecular weight excluding hydrogens is 1130 g/mol. The van der Waals surface area contributed by atoms with Crippen LogP contribution in [-0.4, -0.2) is 170 Å². The predicted octanol–water partition coefficient (Wildman–Crippen LogP) is 5.95. The second kappa shape index (κ2) is 29.0. The van der Waals surface area contributed by atoms with Gasteiger partial charge in [0.15, 0.2) is 34.6 Å². The van der Waals surface area contributed by atoms with E-state index in [1.54, 1.807) is 60.7 Å². The van der Waals surface area contributed by atoms with Crippen LogP contribution in [0.1, 0.15) is 114 Å². The molecule has 0 bridgehead atoms. The van der Waals surface area contributed by atoms with Gasteiger partial charge in [-0.15, -0.1) is 0 Å². The highest BCUT2D eigenvalue weighted by molar-refractivity contribution is 8.00. The molecule has 23 heteroatoms. The van der Waals surface area contributed by atoms with Gasteiger partial charge in [0.05, 0.1) is 92.4 Å². The van der Waals surface area contributed by atoms with Crippen LogP contribution in [0.2, 0.25) is 0 Å². The molecule has 7 atom stereocenters. The second-order valence-electron chi connectivity index (χ2n) is 22.5. The van der Waals surface area contributed by atoms with E-state index in [0.717, 1.165) is 11.1 Å². The molecule has 86 heavy (non-hydrogen) atoms. The van der Waals surface area contributed by atoms with Gasteiger partial charge in [0.2, 0.25) is 11.8 Å². The van der Waals surface area contributed by atoms with Crippen molar-refractivity contribution >= 4 is 82.1 Å². The van der Waals surface area contributed by atoms with E-state index in [0.29, 0.717) is 53.3 Å². The summed E-state index contributed by atoms with van der Waals surface area (Å²) < 4.78 is 35.3. The minimum absolute atomic E-state index is 0.00488. The van der Waals surface area contributed by atoms with E-state index < -0.39 is 47.9 Å². The molecule has 8 rings (SSSR count). The van der Waals surface area contributed by atoms with Crippen LogP contribution in [-0.2, 0) is 51.3 Å². The third kappa shape index (κ3) is 15.2. The number of methoxy groups -OCH3 is 2. The lowest BCUT2D eigenvalue weighted by Crippen LogP contribution is -2.44. The number of amides is 4. The summed E-state index contributed by atoms with van der Waals surface area (Å²) in [6.45, 7) is 14.2. The number of hydrogen-bond donors (Lipinski definition) is 4. The Bertz CT molecular complexity index is 3180. The van der Waals surface area contributed by atoms with Crippen LogP contribution < -0.4 is 34.9 Å². The average Bonchev–Trinajstić information content (AvgIpc) is 1.67. The first-order valence-electron chi connectivity index (χ1n) is 28.9. The number of esters is 1. The van der Waals surface area contributed by atoms with Crippen molar-refractivity contribution in [1.29, 1.82) is 0 Å². The molecule has 4 aliphatic heterocycles. The van der Waals surface area contributed by atoms with Gasteiger partial charge in [0.1, 0.15) is 30.0 Å². The number of ether oxygens (including phenoxy) is 6. The standard InChI is InChI=1S/C63H76N6O16S/c1-34(2)43(25-41(70)16-20-82-21-17-64-54(73)15-14-42-49(72)29-53(86-8)57(42)74)59(75)66-37(5)48(71)24-38-10-12-39(13-11-38)33-85-63(79)55-56-45(62(78)69-32-36(4)23-47(69)60(76)67-56)27-52(81-7)58(55)84-19-9-18-83-51-28-46-44(26-50(51)80-6)61(77)68-31-35(3)22-40(68)30-65-46/h10-13,26-28,30,34,37,40,42-43,47,53,60,67,76H,3-4,9,14-25,29,31-33H2,1-2,5-8H3,(H,64,73)(H,66,75)/t37-,40-,42?,43-,47-,53?,60-/m0/s1.